The Hall–Kier alpha value is -3.33. The van der Waals surface area contributed by atoms with E-state index in [0.717, 1.165) is 11.1 Å². The summed E-state index contributed by atoms with van der Waals surface area (Å²) < 4.78 is 5.53. The lowest BCUT2D eigenvalue weighted by atomic mass is 10.0. The fourth-order valence-electron chi connectivity index (χ4n) is 2.63. The summed E-state index contributed by atoms with van der Waals surface area (Å²) in [5.74, 6) is -1.46. The molecule has 2 aromatic rings. The van der Waals surface area contributed by atoms with Gasteiger partial charge in [-0.05, 0) is 38.5 Å². The van der Waals surface area contributed by atoms with E-state index in [-0.39, 0.29) is 5.75 Å². The molecule has 0 aliphatic rings. The summed E-state index contributed by atoms with van der Waals surface area (Å²) in [4.78, 5) is 24.1. The number of aliphatic carboxylic acids is 1. The number of benzene rings is 2. The maximum atomic E-state index is 12.4. The summed E-state index contributed by atoms with van der Waals surface area (Å²) in [5, 5.41) is 21.1. The number of carbonyl (C=O) groups is 2. The number of hydrogen-bond acceptors (Lipinski definition) is 4. The molecule has 2 rings (SSSR count). The molecule has 0 aliphatic heterocycles. The van der Waals surface area contributed by atoms with Crippen molar-refractivity contribution in [1.82, 2.24) is 5.32 Å². The molecule has 134 valence electrons. The third kappa shape index (κ3) is 4.61. The van der Waals surface area contributed by atoms with Crippen molar-refractivity contribution in [3.8, 4) is 11.8 Å². The summed E-state index contributed by atoms with van der Waals surface area (Å²) in [7, 11) is 0. The first-order valence-electron chi connectivity index (χ1n) is 8.09. The number of ether oxygens (including phenoxy) is 1. The van der Waals surface area contributed by atoms with Crippen LogP contribution in [0.3, 0.4) is 0 Å². The highest BCUT2D eigenvalue weighted by atomic mass is 16.5. The fraction of sp³-hybridized carbons (Fsp3) is 0.250. The van der Waals surface area contributed by atoms with Crippen molar-refractivity contribution >= 4 is 11.9 Å². The van der Waals surface area contributed by atoms with Gasteiger partial charge >= 0.3 is 5.97 Å². The number of carboxylic acid groups (broad SMARTS) is 1. The minimum Gasteiger partial charge on any atom is -0.480 e. The lowest BCUT2D eigenvalue weighted by Crippen LogP contribution is -2.41. The average Bonchev–Trinajstić information content (AvgIpc) is 2.58. The van der Waals surface area contributed by atoms with Crippen LogP contribution in [0.2, 0.25) is 0 Å². The predicted octanol–water partition coefficient (Wildman–Crippen LogP) is 2.88. The first kappa shape index (κ1) is 19.0. The first-order valence-corrected chi connectivity index (χ1v) is 8.09. The van der Waals surface area contributed by atoms with Gasteiger partial charge in [0.2, 0.25) is 0 Å². The molecule has 0 bridgehead atoms. The molecule has 2 atom stereocenters. The highest BCUT2D eigenvalue weighted by Gasteiger charge is 2.26. The van der Waals surface area contributed by atoms with Crippen LogP contribution in [-0.2, 0) is 9.59 Å². The summed E-state index contributed by atoms with van der Waals surface area (Å²) in [6.45, 7) is 5.23. The molecule has 1 amide bonds. The van der Waals surface area contributed by atoms with Gasteiger partial charge in [0.25, 0.3) is 5.91 Å². The van der Waals surface area contributed by atoms with Crippen molar-refractivity contribution in [2.75, 3.05) is 0 Å². The molecule has 0 aromatic heterocycles. The maximum Gasteiger partial charge on any atom is 0.330 e. The molecule has 0 saturated carbocycles. The van der Waals surface area contributed by atoms with Gasteiger partial charge in [0, 0.05) is 0 Å². The third-order valence-corrected chi connectivity index (χ3v) is 3.79. The number of carboxylic acids is 1. The molecule has 2 N–H and O–H groups in total. The minimum absolute atomic E-state index is 0.274. The summed E-state index contributed by atoms with van der Waals surface area (Å²) in [5.41, 5.74) is 2.62. The molecule has 0 fully saturated rings. The van der Waals surface area contributed by atoms with Crippen molar-refractivity contribution in [1.29, 1.82) is 5.26 Å². The fourth-order valence-corrected chi connectivity index (χ4v) is 2.63. The normalized spacial score (nSPS) is 12.5. The number of hydrogen-bond donors (Lipinski definition) is 2. The third-order valence-electron chi connectivity index (χ3n) is 3.79. The smallest absolute Gasteiger partial charge is 0.330 e. The Kier molecular flexibility index (Phi) is 5.97. The number of rotatable bonds is 6. The second-order valence-electron chi connectivity index (χ2n) is 6.07. The Balaban J connectivity index is 2.17. The summed E-state index contributed by atoms with van der Waals surface area (Å²) in [6, 6.07) is 12.7. The van der Waals surface area contributed by atoms with Crippen LogP contribution >= 0.6 is 0 Å². The summed E-state index contributed by atoms with van der Waals surface area (Å²) >= 11 is 0. The SMILES string of the molecule is Cc1cc(C)cc(C(NC(=O)C(C)Oc2ccccc2C#N)C(=O)O)c1. The number of amides is 1. The van der Waals surface area contributed by atoms with Crippen LogP contribution in [0, 0.1) is 25.2 Å². The van der Waals surface area contributed by atoms with Crippen molar-refractivity contribution in [3.63, 3.8) is 0 Å². The zero-order valence-electron chi connectivity index (χ0n) is 14.8. The number of nitrogens with zero attached hydrogens (tertiary/aromatic N) is 1. The van der Waals surface area contributed by atoms with Gasteiger partial charge in [-0.25, -0.2) is 4.79 Å². The Bertz CT molecular complexity index is 850. The Labute approximate surface area is 152 Å². The number of carbonyl (C=O) groups excluding carboxylic acids is 1. The van der Waals surface area contributed by atoms with Crippen molar-refractivity contribution in [2.24, 2.45) is 0 Å². The molecule has 6 nitrogen and oxygen atoms in total. The van der Waals surface area contributed by atoms with Gasteiger partial charge in [-0.3, -0.25) is 4.79 Å². The van der Waals surface area contributed by atoms with Crippen LogP contribution in [0.1, 0.15) is 35.2 Å². The summed E-state index contributed by atoms with van der Waals surface area (Å²) in [6.07, 6.45) is -0.961. The highest BCUT2D eigenvalue weighted by molar-refractivity contribution is 5.87. The number of aryl methyl sites for hydroxylation is 2. The molecule has 0 saturated heterocycles. The second-order valence-corrected chi connectivity index (χ2v) is 6.07. The zero-order chi connectivity index (χ0) is 19.3. The van der Waals surface area contributed by atoms with Gasteiger partial charge in [0.1, 0.15) is 11.8 Å². The lowest BCUT2D eigenvalue weighted by molar-refractivity contribution is -0.143. The van der Waals surface area contributed by atoms with E-state index in [2.05, 4.69) is 5.32 Å². The van der Waals surface area contributed by atoms with Crippen LogP contribution in [0.5, 0.6) is 5.75 Å². The molecule has 26 heavy (non-hydrogen) atoms. The van der Waals surface area contributed by atoms with Gasteiger partial charge < -0.3 is 15.2 Å². The number of nitrogens with one attached hydrogen (secondary N) is 1. The average molecular weight is 352 g/mol. The molecular formula is C20H20N2O4. The van der Waals surface area contributed by atoms with Crippen molar-refractivity contribution in [3.05, 3.63) is 64.7 Å². The van der Waals surface area contributed by atoms with Crippen LogP contribution in [0.25, 0.3) is 0 Å². The van der Waals surface area contributed by atoms with Crippen molar-refractivity contribution in [2.45, 2.75) is 32.9 Å². The molecular weight excluding hydrogens is 332 g/mol. The molecule has 0 aliphatic carbocycles. The Morgan fingerprint density at radius 3 is 2.35 bits per heavy atom. The van der Waals surface area contributed by atoms with Crippen molar-refractivity contribution < 1.29 is 19.4 Å². The molecule has 0 radical (unpaired) electrons. The van der Waals surface area contributed by atoms with Gasteiger partial charge in [-0.15, -0.1) is 0 Å². The largest absolute Gasteiger partial charge is 0.480 e. The predicted molar refractivity (Wildman–Crippen MR) is 95.7 cm³/mol. The molecule has 6 heteroatoms. The first-order chi connectivity index (χ1) is 12.3. The van der Waals surface area contributed by atoms with Gasteiger partial charge in [-0.2, -0.15) is 5.26 Å². The van der Waals surface area contributed by atoms with E-state index in [4.69, 9.17) is 10.00 Å². The lowest BCUT2D eigenvalue weighted by Gasteiger charge is -2.20. The van der Waals surface area contributed by atoms with E-state index in [1.807, 2.05) is 26.0 Å². The van der Waals surface area contributed by atoms with E-state index in [1.54, 1.807) is 36.4 Å². The monoisotopic (exact) mass is 352 g/mol. The molecule has 0 spiro atoms. The van der Waals surface area contributed by atoms with Gasteiger partial charge in [0.15, 0.2) is 12.1 Å². The van der Waals surface area contributed by atoms with Gasteiger partial charge in [0.05, 0.1) is 5.56 Å². The number of para-hydroxylation sites is 1. The van der Waals surface area contributed by atoms with Crippen LogP contribution in [0.15, 0.2) is 42.5 Å². The Morgan fingerprint density at radius 1 is 1.15 bits per heavy atom. The van der Waals surface area contributed by atoms with Gasteiger partial charge in [-0.1, -0.05) is 41.5 Å². The standard InChI is InChI=1S/C20H20N2O4/c1-12-8-13(2)10-16(9-12)18(20(24)25)22-19(23)14(3)26-17-7-5-4-6-15(17)11-21/h4-10,14,18H,1-3H3,(H,22,23)(H,24,25). The van der Waals surface area contributed by atoms with E-state index in [9.17, 15) is 14.7 Å². The quantitative estimate of drug-likeness (QED) is 0.833. The zero-order valence-corrected chi connectivity index (χ0v) is 14.8. The van der Waals surface area contributed by atoms with E-state index < -0.39 is 24.0 Å². The van der Waals surface area contributed by atoms with Crippen LogP contribution < -0.4 is 10.1 Å². The second kappa shape index (κ2) is 8.17. The molecule has 0 heterocycles. The topological polar surface area (TPSA) is 99.4 Å². The van der Waals surface area contributed by atoms with E-state index in [1.165, 1.54) is 6.92 Å². The maximum absolute atomic E-state index is 12.4. The molecule has 2 aromatic carbocycles. The number of nitriles is 1. The van der Waals surface area contributed by atoms with E-state index >= 15 is 0 Å². The van der Waals surface area contributed by atoms with E-state index in [0.29, 0.717) is 11.1 Å². The van der Waals surface area contributed by atoms with Crippen LogP contribution in [-0.4, -0.2) is 23.1 Å². The van der Waals surface area contributed by atoms with Crippen LogP contribution in [0.4, 0.5) is 0 Å². The minimum atomic E-state index is -1.18. The molecule has 2 unspecified atom stereocenters. The Morgan fingerprint density at radius 2 is 1.77 bits per heavy atom. The highest BCUT2D eigenvalue weighted by Crippen LogP contribution is 2.20.